The Morgan fingerprint density at radius 3 is 1.49 bits per heavy atom. The summed E-state index contributed by atoms with van der Waals surface area (Å²) in [7, 11) is 0. The molecule has 14 rings (SSSR count). The molecule has 12 aromatic rings. The molecule has 304 valence electrons. The van der Waals surface area contributed by atoms with Crippen LogP contribution in [0.15, 0.2) is 227 Å². The van der Waals surface area contributed by atoms with Gasteiger partial charge in [-0.3, -0.25) is 0 Å². The molecular formula is C62H39NO2. The second-order valence-corrected chi connectivity index (χ2v) is 17.4. The molecular weight excluding hydrogens is 791 g/mol. The molecule has 0 spiro atoms. The van der Waals surface area contributed by atoms with Crippen molar-refractivity contribution in [2.75, 3.05) is 4.90 Å². The largest absolute Gasteiger partial charge is 0.455 e. The van der Waals surface area contributed by atoms with Crippen LogP contribution in [0.2, 0.25) is 0 Å². The van der Waals surface area contributed by atoms with E-state index in [1.54, 1.807) is 0 Å². The van der Waals surface area contributed by atoms with Crippen molar-refractivity contribution in [2.45, 2.75) is 12.5 Å². The predicted molar refractivity (Wildman–Crippen MR) is 272 cm³/mol. The molecule has 0 fully saturated rings. The van der Waals surface area contributed by atoms with Gasteiger partial charge in [0.25, 0.3) is 0 Å². The van der Waals surface area contributed by atoms with Crippen molar-refractivity contribution in [3.05, 3.63) is 230 Å². The Bertz CT molecular complexity index is 3920. The highest BCUT2D eigenvalue weighted by Gasteiger charge is 2.37. The number of anilines is 2. The molecule has 2 aromatic heterocycles. The molecule has 1 unspecified atom stereocenters. The number of fused-ring (bicyclic) bond motifs is 11. The van der Waals surface area contributed by atoms with Gasteiger partial charge in [-0.25, -0.2) is 0 Å². The number of para-hydroxylation sites is 4. The molecule has 1 aliphatic heterocycles. The first kappa shape index (κ1) is 36.1. The van der Waals surface area contributed by atoms with Gasteiger partial charge in [0.15, 0.2) is 0 Å². The van der Waals surface area contributed by atoms with Crippen LogP contribution in [0, 0.1) is 0 Å². The van der Waals surface area contributed by atoms with Gasteiger partial charge >= 0.3 is 0 Å². The molecule has 2 aliphatic rings. The van der Waals surface area contributed by atoms with Crippen LogP contribution < -0.4 is 4.90 Å². The van der Waals surface area contributed by atoms with E-state index in [9.17, 15) is 0 Å². The lowest BCUT2D eigenvalue weighted by Crippen LogP contribution is -2.27. The zero-order valence-electron chi connectivity index (χ0n) is 35.3. The van der Waals surface area contributed by atoms with Gasteiger partial charge in [0.05, 0.1) is 6.04 Å². The van der Waals surface area contributed by atoms with Gasteiger partial charge in [0.2, 0.25) is 0 Å². The first-order valence-electron chi connectivity index (χ1n) is 22.5. The van der Waals surface area contributed by atoms with Crippen molar-refractivity contribution < 1.29 is 8.83 Å². The summed E-state index contributed by atoms with van der Waals surface area (Å²) in [5, 5.41) is 9.59. The SMILES string of the molecule is C1=C(c2cccc3c2oc2ccccc23)C=C2c3cc(-c4cccc5c4oc4ccccc45)ccc3N(c3ccc(-c4c5ccccc5c(-c5ccccc5)c5ccccc45)cc3)C2C1. The molecule has 3 nitrogen and oxygen atoms in total. The van der Waals surface area contributed by atoms with Crippen molar-refractivity contribution in [1.29, 1.82) is 0 Å². The summed E-state index contributed by atoms with van der Waals surface area (Å²) in [6, 6.07) is 74.7. The van der Waals surface area contributed by atoms with Crippen molar-refractivity contribution >= 4 is 87.9 Å². The van der Waals surface area contributed by atoms with Gasteiger partial charge in [0, 0.05) is 49.6 Å². The lowest BCUT2D eigenvalue weighted by atomic mass is 9.86. The molecule has 10 aromatic carbocycles. The number of furan rings is 2. The molecule has 0 radical (unpaired) electrons. The first-order valence-corrected chi connectivity index (χ1v) is 22.5. The maximum atomic E-state index is 6.59. The predicted octanol–water partition coefficient (Wildman–Crippen LogP) is 17.2. The quantitative estimate of drug-likeness (QED) is 0.162. The topological polar surface area (TPSA) is 29.5 Å². The Labute approximate surface area is 375 Å². The molecule has 0 saturated carbocycles. The van der Waals surface area contributed by atoms with Crippen molar-refractivity contribution in [1.82, 2.24) is 0 Å². The average molecular weight is 830 g/mol. The Morgan fingerprint density at radius 1 is 0.385 bits per heavy atom. The van der Waals surface area contributed by atoms with Crippen molar-refractivity contribution in [2.24, 2.45) is 0 Å². The van der Waals surface area contributed by atoms with E-state index < -0.39 is 0 Å². The van der Waals surface area contributed by atoms with E-state index in [2.05, 4.69) is 211 Å². The van der Waals surface area contributed by atoms with Gasteiger partial charge in [-0.1, -0.05) is 176 Å². The van der Waals surface area contributed by atoms with Crippen LogP contribution >= 0.6 is 0 Å². The summed E-state index contributed by atoms with van der Waals surface area (Å²) in [6.07, 6.45) is 5.67. The first-order chi connectivity index (χ1) is 32.2. The molecule has 1 atom stereocenters. The zero-order chi connectivity index (χ0) is 42.6. The van der Waals surface area contributed by atoms with Crippen LogP contribution in [0.5, 0.6) is 0 Å². The van der Waals surface area contributed by atoms with Crippen LogP contribution in [0.3, 0.4) is 0 Å². The van der Waals surface area contributed by atoms with Gasteiger partial charge in [-0.15, -0.1) is 0 Å². The minimum absolute atomic E-state index is 0.110. The summed E-state index contributed by atoms with van der Waals surface area (Å²) in [5.74, 6) is 0. The minimum atomic E-state index is 0.110. The second kappa shape index (κ2) is 14.1. The van der Waals surface area contributed by atoms with E-state index in [1.807, 2.05) is 12.1 Å². The van der Waals surface area contributed by atoms with Crippen LogP contribution in [-0.2, 0) is 0 Å². The van der Waals surface area contributed by atoms with Crippen LogP contribution in [0.25, 0.3) is 110 Å². The van der Waals surface area contributed by atoms with Gasteiger partial charge < -0.3 is 13.7 Å². The Kier molecular flexibility index (Phi) is 7.81. The third-order valence-corrected chi connectivity index (χ3v) is 14.0. The van der Waals surface area contributed by atoms with Crippen LogP contribution in [0.1, 0.15) is 17.5 Å². The van der Waals surface area contributed by atoms with Crippen molar-refractivity contribution in [3.63, 3.8) is 0 Å². The highest BCUT2D eigenvalue weighted by atomic mass is 16.3. The monoisotopic (exact) mass is 829 g/mol. The van der Waals surface area contributed by atoms with E-state index in [1.165, 1.54) is 71.9 Å². The summed E-state index contributed by atoms with van der Waals surface area (Å²) in [4.78, 5) is 2.56. The molecule has 1 aliphatic carbocycles. The Hall–Kier alpha value is -8.40. The molecule has 65 heavy (non-hydrogen) atoms. The van der Waals surface area contributed by atoms with Gasteiger partial charge in [-0.2, -0.15) is 0 Å². The standard InChI is InChI=1S/C62H39NO2/c1-2-14-38(15-3-1)59-47-18-4-6-20-49(47)60(50-21-7-5-19-48(50)59)39-28-32-42(33-29-39)63-55-34-30-40(43-22-12-24-51-45-16-8-10-26-57(45)64-61(43)51)36-53(55)54-37-41(31-35-56(54)63)44-23-13-25-52-46-17-9-11-27-58(46)65-62(44)52/h1-34,36-37,56H,35H2. The zero-order valence-corrected chi connectivity index (χ0v) is 35.3. The molecule has 0 saturated heterocycles. The van der Waals surface area contributed by atoms with Crippen LogP contribution in [-0.4, -0.2) is 6.04 Å². The number of rotatable bonds is 5. The Balaban J connectivity index is 0.924. The number of nitrogens with zero attached hydrogens (tertiary/aromatic N) is 1. The van der Waals surface area contributed by atoms with Crippen molar-refractivity contribution in [3.8, 4) is 33.4 Å². The fourth-order valence-corrected chi connectivity index (χ4v) is 11.1. The summed E-state index contributed by atoms with van der Waals surface area (Å²) < 4.78 is 13.2. The molecule has 0 amide bonds. The number of hydrogen-bond acceptors (Lipinski definition) is 3. The second-order valence-electron chi connectivity index (χ2n) is 17.4. The summed E-state index contributed by atoms with van der Waals surface area (Å²) >= 11 is 0. The fourth-order valence-electron chi connectivity index (χ4n) is 11.1. The highest BCUT2D eigenvalue weighted by molar-refractivity contribution is 6.21. The summed E-state index contributed by atoms with van der Waals surface area (Å²) in [6.45, 7) is 0. The summed E-state index contributed by atoms with van der Waals surface area (Å²) in [5.41, 5.74) is 18.1. The highest BCUT2D eigenvalue weighted by Crippen LogP contribution is 2.52. The lowest BCUT2D eigenvalue weighted by Gasteiger charge is -2.30. The van der Waals surface area contributed by atoms with E-state index in [0.717, 1.165) is 67.0 Å². The smallest absolute Gasteiger partial charge is 0.143 e. The van der Waals surface area contributed by atoms with E-state index >= 15 is 0 Å². The maximum absolute atomic E-state index is 6.59. The lowest BCUT2D eigenvalue weighted by molar-refractivity contribution is 0.667. The number of benzene rings is 10. The maximum Gasteiger partial charge on any atom is 0.143 e. The van der Waals surface area contributed by atoms with E-state index in [0.29, 0.717) is 0 Å². The third kappa shape index (κ3) is 5.42. The molecule has 3 heterocycles. The minimum Gasteiger partial charge on any atom is -0.455 e. The molecule has 0 N–H and O–H groups in total. The van der Waals surface area contributed by atoms with E-state index in [4.69, 9.17) is 8.83 Å². The molecule has 3 heteroatoms. The third-order valence-electron chi connectivity index (χ3n) is 14.0. The average Bonchev–Trinajstić information content (AvgIpc) is 4.05. The van der Waals surface area contributed by atoms with Gasteiger partial charge in [-0.05, 0) is 109 Å². The number of hydrogen-bond donors (Lipinski definition) is 0. The normalized spacial score (nSPS) is 14.7. The Morgan fingerprint density at radius 2 is 0.877 bits per heavy atom. The van der Waals surface area contributed by atoms with E-state index in [-0.39, 0.29) is 6.04 Å². The van der Waals surface area contributed by atoms with Crippen LogP contribution in [0.4, 0.5) is 11.4 Å². The van der Waals surface area contributed by atoms with Gasteiger partial charge in [0.1, 0.15) is 22.3 Å². The molecule has 0 bridgehead atoms. The fraction of sp³-hybridized carbons (Fsp3) is 0.0323. The number of allylic oxidation sites excluding steroid dienone is 2.